The van der Waals surface area contributed by atoms with E-state index in [-0.39, 0.29) is 6.04 Å². The highest BCUT2D eigenvalue weighted by atomic mass is 32.2. The van der Waals surface area contributed by atoms with Gasteiger partial charge in [-0.1, -0.05) is 0 Å². The van der Waals surface area contributed by atoms with Gasteiger partial charge in [-0.3, -0.25) is 0 Å². The van der Waals surface area contributed by atoms with Gasteiger partial charge in [0.1, 0.15) is 11.3 Å². The number of H-pyrrole nitrogens is 1. The zero-order chi connectivity index (χ0) is 21.6. The van der Waals surface area contributed by atoms with E-state index in [9.17, 15) is 8.42 Å². The Bertz CT molecular complexity index is 1220. The molecule has 1 saturated heterocycles. The van der Waals surface area contributed by atoms with Crippen molar-refractivity contribution in [3.05, 3.63) is 35.8 Å². The van der Waals surface area contributed by atoms with Gasteiger partial charge in [-0.2, -0.15) is 4.31 Å². The van der Waals surface area contributed by atoms with E-state index < -0.39 is 10.0 Å². The van der Waals surface area contributed by atoms with Crippen LogP contribution in [-0.2, 0) is 10.0 Å². The first kappa shape index (κ1) is 20.4. The summed E-state index contributed by atoms with van der Waals surface area (Å²) in [4.78, 5) is 17.2. The van der Waals surface area contributed by atoms with Crippen LogP contribution in [0.1, 0.15) is 36.9 Å². The number of aromatic nitrogens is 4. The van der Waals surface area contributed by atoms with Gasteiger partial charge >= 0.3 is 0 Å². The van der Waals surface area contributed by atoms with Crippen molar-refractivity contribution >= 4 is 27.0 Å². The molecule has 8 nitrogen and oxygen atoms in total. The molecule has 3 aromatic heterocycles. The van der Waals surface area contributed by atoms with Crippen LogP contribution in [0.15, 0.2) is 24.5 Å². The number of fused-ring (bicyclic) bond motifs is 1. The number of aryl methyl sites for hydroxylation is 2. The molecule has 0 amide bonds. The molecule has 2 aliphatic rings. The van der Waals surface area contributed by atoms with E-state index in [0.29, 0.717) is 24.8 Å². The van der Waals surface area contributed by atoms with Crippen LogP contribution in [0.5, 0.6) is 0 Å². The van der Waals surface area contributed by atoms with Crippen LogP contribution >= 0.6 is 0 Å². The summed E-state index contributed by atoms with van der Waals surface area (Å²) in [7, 11) is -3.19. The highest BCUT2D eigenvalue weighted by molar-refractivity contribution is 7.89. The van der Waals surface area contributed by atoms with Gasteiger partial charge in [0, 0.05) is 36.6 Å². The number of anilines is 1. The molecule has 164 valence electrons. The van der Waals surface area contributed by atoms with Gasteiger partial charge in [0.2, 0.25) is 10.0 Å². The minimum Gasteiger partial charge on any atom is -0.365 e. The fraction of sp³-hybridized carbons (Fsp3) is 0.500. The lowest BCUT2D eigenvalue weighted by Gasteiger charge is -2.33. The molecule has 0 bridgehead atoms. The minimum atomic E-state index is -3.19. The number of pyridine rings is 1. The number of hydrogen-bond acceptors (Lipinski definition) is 6. The molecule has 5 rings (SSSR count). The van der Waals surface area contributed by atoms with Crippen molar-refractivity contribution in [1.29, 1.82) is 0 Å². The number of rotatable bonds is 6. The molecule has 31 heavy (non-hydrogen) atoms. The molecule has 0 spiro atoms. The van der Waals surface area contributed by atoms with Crippen LogP contribution in [0.4, 0.5) is 5.82 Å². The third-order valence-electron chi connectivity index (χ3n) is 6.14. The summed E-state index contributed by atoms with van der Waals surface area (Å²) in [6, 6.07) is 3.98. The van der Waals surface area contributed by atoms with E-state index in [1.165, 1.54) is 0 Å². The third kappa shape index (κ3) is 4.29. The van der Waals surface area contributed by atoms with Crippen molar-refractivity contribution < 1.29 is 8.42 Å². The summed E-state index contributed by atoms with van der Waals surface area (Å²) in [5.74, 6) is 1.38. The molecule has 2 N–H and O–H groups in total. The molecular formula is C22H28N6O2S. The Kier molecular flexibility index (Phi) is 5.18. The Balaban J connectivity index is 1.41. The molecule has 1 atom stereocenters. The van der Waals surface area contributed by atoms with Crippen LogP contribution in [0.25, 0.3) is 22.4 Å². The topological polar surface area (TPSA) is 104 Å². The molecule has 3 aromatic rings. The second-order valence-corrected chi connectivity index (χ2v) is 10.8. The van der Waals surface area contributed by atoms with Crippen molar-refractivity contribution in [3.63, 3.8) is 0 Å². The average Bonchev–Trinajstić information content (AvgIpc) is 3.48. The number of nitrogens with one attached hydrogen (secondary N) is 2. The molecule has 1 aliphatic heterocycles. The Morgan fingerprint density at radius 2 is 2.03 bits per heavy atom. The predicted molar refractivity (Wildman–Crippen MR) is 121 cm³/mol. The molecule has 1 unspecified atom stereocenters. The van der Waals surface area contributed by atoms with Gasteiger partial charge in [0.05, 0.1) is 17.6 Å². The molecule has 9 heteroatoms. The van der Waals surface area contributed by atoms with E-state index in [4.69, 9.17) is 9.97 Å². The van der Waals surface area contributed by atoms with Crippen molar-refractivity contribution in [1.82, 2.24) is 24.2 Å². The molecule has 0 aromatic carbocycles. The van der Waals surface area contributed by atoms with E-state index >= 15 is 0 Å². The summed E-state index contributed by atoms with van der Waals surface area (Å²) in [5.41, 5.74) is 5.17. The van der Waals surface area contributed by atoms with E-state index in [1.807, 2.05) is 32.2 Å². The maximum absolute atomic E-state index is 12.8. The molecule has 4 heterocycles. The van der Waals surface area contributed by atoms with Crippen molar-refractivity contribution in [2.45, 2.75) is 45.6 Å². The summed E-state index contributed by atoms with van der Waals surface area (Å²) in [6.45, 7) is 5.04. The van der Waals surface area contributed by atoms with Crippen LogP contribution in [0.3, 0.4) is 0 Å². The molecular weight excluding hydrogens is 412 g/mol. The lowest BCUT2D eigenvalue weighted by molar-refractivity contribution is 0.326. The number of nitrogens with zero attached hydrogens (tertiary/aromatic N) is 4. The smallest absolute Gasteiger partial charge is 0.214 e. The zero-order valence-corrected chi connectivity index (χ0v) is 18.7. The van der Waals surface area contributed by atoms with Gasteiger partial charge in [0.25, 0.3) is 0 Å². The Morgan fingerprint density at radius 3 is 2.84 bits per heavy atom. The fourth-order valence-electron chi connectivity index (χ4n) is 4.21. The number of sulfonamides is 1. The third-order valence-corrected chi connectivity index (χ3v) is 8.15. The van der Waals surface area contributed by atoms with Crippen molar-refractivity contribution in [2.75, 3.05) is 24.2 Å². The van der Waals surface area contributed by atoms with Gasteiger partial charge in [0.15, 0.2) is 5.65 Å². The maximum Gasteiger partial charge on any atom is 0.214 e. The Morgan fingerprint density at radius 1 is 1.19 bits per heavy atom. The highest BCUT2D eigenvalue weighted by Gasteiger charge is 2.34. The molecule has 2 fully saturated rings. The zero-order valence-electron chi connectivity index (χ0n) is 17.9. The quantitative estimate of drug-likeness (QED) is 0.610. The van der Waals surface area contributed by atoms with E-state index in [2.05, 4.69) is 15.3 Å². The second kappa shape index (κ2) is 7.87. The monoisotopic (exact) mass is 440 g/mol. The van der Waals surface area contributed by atoms with Gasteiger partial charge < -0.3 is 10.3 Å². The molecule has 0 radical (unpaired) electrons. The first-order chi connectivity index (χ1) is 14.9. The predicted octanol–water partition coefficient (Wildman–Crippen LogP) is 3.25. The van der Waals surface area contributed by atoms with Crippen LogP contribution in [-0.4, -0.2) is 57.5 Å². The number of piperidine rings is 1. The van der Waals surface area contributed by atoms with E-state index in [0.717, 1.165) is 65.2 Å². The van der Waals surface area contributed by atoms with Gasteiger partial charge in [-0.05, 0) is 63.1 Å². The highest BCUT2D eigenvalue weighted by Crippen LogP contribution is 2.32. The average molecular weight is 441 g/mol. The van der Waals surface area contributed by atoms with Gasteiger partial charge in [-0.25, -0.2) is 23.4 Å². The Hall–Kier alpha value is -2.52. The van der Waals surface area contributed by atoms with Crippen LogP contribution in [0.2, 0.25) is 0 Å². The second-order valence-electron chi connectivity index (χ2n) is 8.84. The van der Waals surface area contributed by atoms with Crippen LogP contribution < -0.4 is 5.32 Å². The maximum atomic E-state index is 12.8. The largest absolute Gasteiger partial charge is 0.365 e. The lowest BCUT2D eigenvalue weighted by atomic mass is 10.1. The van der Waals surface area contributed by atoms with Gasteiger partial charge in [-0.15, -0.1) is 0 Å². The summed E-state index contributed by atoms with van der Waals surface area (Å²) in [6.07, 6.45) is 7.49. The fourth-order valence-corrected chi connectivity index (χ4v) is 6.17. The standard InChI is InChI=1S/C22H28N6O2S/c1-14-10-23-22-20(14)27-19(11-24-22)18-8-5-15(2)25-21(18)26-17-4-3-9-28(12-17)31(29,30)13-16-6-7-16/h5,8,10-11,16-17H,3-4,6-7,9,12-13H2,1-2H3,(H,23,24)(H,25,26). The molecule has 1 saturated carbocycles. The first-order valence-corrected chi connectivity index (χ1v) is 12.5. The van der Waals surface area contributed by atoms with Crippen LogP contribution in [0, 0.1) is 19.8 Å². The van der Waals surface area contributed by atoms with Crippen molar-refractivity contribution in [2.24, 2.45) is 5.92 Å². The summed E-state index contributed by atoms with van der Waals surface area (Å²) < 4.78 is 27.2. The Labute approximate surface area is 182 Å². The minimum absolute atomic E-state index is 0.0152. The summed E-state index contributed by atoms with van der Waals surface area (Å²) >= 11 is 0. The molecule has 1 aliphatic carbocycles. The first-order valence-electron chi connectivity index (χ1n) is 10.9. The van der Waals surface area contributed by atoms with Crippen molar-refractivity contribution in [3.8, 4) is 11.3 Å². The normalized spacial score (nSPS) is 20.3. The summed E-state index contributed by atoms with van der Waals surface area (Å²) in [5, 5.41) is 3.52. The lowest BCUT2D eigenvalue weighted by Crippen LogP contribution is -2.46. The number of hydrogen-bond donors (Lipinski definition) is 2. The number of aromatic amines is 1. The SMILES string of the molecule is Cc1ccc(-c2cnc3[nH]cc(C)c3n2)c(NC2CCCN(S(=O)(=O)CC3CC3)C2)n1. The van der Waals surface area contributed by atoms with E-state index in [1.54, 1.807) is 10.5 Å².